The number of nitrogens with two attached hydrogens (primary N) is 1. The number of fused-ring (bicyclic) bond motifs is 1. The first-order valence-corrected chi connectivity index (χ1v) is 15.8. The first-order valence-electron chi connectivity index (χ1n) is 15.8. The zero-order valence-electron chi connectivity index (χ0n) is 26.4. The van der Waals surface area contributed by atoms with Gasteiger partial charge in [0, 0.05) is 25.5 Å². The standard InChI is InChI=1S/C36H46N2O8/c1-43-16-17-44-18-19-45-20-21-46-36(42)38(34-30-15-9-8-14-28(30)24-33(34)40)35(41)29(22-26-10-4-2-5-11-26)25-32(39)31(37)23-27-12-6-3-7-13-27/h2-15,29,31-34,39-40H,16-25,37H2,1H3/t29?,31?,32?,33-,34-/m0/s1. The molecule has 1 aliphatic rings. The zero-order chi connectivity index (χ0) is 32.7. The Morgan fingerprint density at radius 3 is 2.04 bits per heavy atom. The highest BCUT2D eigenvalue weighted by Crippen LogP contribution is 2.38. The number of carbonyl (C=O) groups excluding carboxylic acids is 2. The number of methoxy groups -OCH3 is 1. The van der Waals surface area contributed by atoms with Crippen molar-refractivity contribution in [3.8, 4) is 0 Å². The van der Waals surface area contributed by atoms with E-state index in [1.807, 2.05) is 84.9 Å². The molecule has 0 saturated carbocycles. The van der Waals surface area contributed by atoms with Crippen LogP contribution in [0, 0.1) is 5.92 Å². The lowest BCUT2D eigenvalue weighted by molar-refractivity contribution is -0.139. The van der Waals surface area contributed by atoms with E-state index in [1.54, 1.807) is 7.11 Å². The normalized spacial score (nSPS) is 17.6. The first kappa shape index (κ1) is 35.2. The lowest BCUT2D eigenvalue weighted by atomic mass is 9.88. The third kappa shape index (κ3) is 10.2. The molecule has 0 heterocycles. The van der Waals surface area contributed by atoms with Gasteiger partial charge in [-0.25, -0.2) is 9.69 Å². The van der Waals surface area contributed by atoms with E-state index >= 15 is 0 Å². The summed E-state index contributed by atoms with van der Waals surface area (Å²) in [4.78, 5) is 29.3. The van der Waals surface area contributed by atoms with Gasteiger partial charge in [0.1, 0.15) is 6.61 Å². The number of nitrogens with zero attached hydrogens (tertiary/aromatic N) is 1. The van der Waals surface area contributed by atoms with E-state index in [4.69, 9.17) is 24.7 Å². The number of benzene rings is 3. The largest absolute Gasteiger partial charge is 0.447 e. The van der Waals surface area contributed by atoms with E-state index in [0.717, 1.165) is 21.6 Å². The van der Waals surface area contributed by atoms with E-state index in [-0.39, 0.29) is 32.5 Å². The van der Waals surface area contributed by atoms with Crippen LogP contribution in [0.1, 0.15) is 34.7 Å². The summed E-state index contributed by atoms with van der Waals surface area (Å²) in [5.74, 6) is -1.37. The Bertz CT molecular complexity index is 1340. The molecule has 0 radical (unpaired) electrons. The summed E-state index contributed by atoms with van der Waals surface area (Å²) in [6.45, 7) is 1.61. The molecule has 10 heteroatoms. The van der Waals surface area contributed by atoms with E-state index in [0.29, 0.717) is 38.4 Å². The number of amides is 2. The van der Waals surface area contributed by atoms with E-state index in [9.17, 15) is 19.8 Å². The summed E-state index contributed by atoms with van der Waals surface area (Å²) in [7, 11) is 1.60. The molecule has 0 saturated heterocycles. The van der Waals surface area contributed by atoms with Gasteiger partial charge in [0.15, 0.2) is 0 Å². The second-order valence-corrected chi connectivity index (χ2v) is 11.5. The molecule has 4 N–H and O–H groups in total. The Labute approximate surface area is 271 Å². The van der Waals surface area contributed by atoms with Crippen molar-refractivity contribution in [2.45, 2.75) is 50.0 Å². The number of hydrogen-bond acceptors (Lipinski definition) is 9. The van der Waals surface area contributed by atoms with Crippen LogP contribution >= 0.6 is 0 Å². The van der Waals surface area contributed by atoms with Crippen molar-refractivity contribution in [3.05, 3.63) is 107 Å². The molecular formula is C36H46N2O8. The van der Waals surface area contributed by atoms with Crippen molar-refractivity contribution in [1.82, 2.24) is 4.90 Å². The Kier molecular flexibility index (Phi) is 14.2. The highest BCUT2D eigenvalue weighted by Gasteiger charge is 2.44. The fraction of sp³-hybridized carbons (Fsp3) is 0.444. The Morgan fingerprint density at radius 2 is 1.39 bits per heavy atom. The predicted molar refractivity (Wildman–Crippen MR) is 173 cm³/mol. The topological polar surface area (TPSA) is 141 Å². The van der Waals surface area contributed by atoms with Crippen LogP contribution in [-0.4, -0.2) is 92.1 Å². The third-order valence-electron chi connectivity index (χ3n) is 8.15. The quantitative estimate of drug-likeness (QED) is 0.180. The number of ether oxygens (including phenoxy) is 4. The number of aliphatic hydroxyl groups excluding tert-OH is 2. The lowest BCUT2D eigenvalue weighted by Gasteiger charge is -2.33. The molecule has 3 aromatic carbocycles. The fourth-order valence-corrected chi connectivity index (χ4v) is 5.78. The molecule has 1 aliphatic carbocycles. The SMILES string of the molecule is COCCOCCOCCOC(=O)N(C(=O)C(Cc1ccccc1)CC(O)C(N)Cc1ccccc1)[C@H]1c2ccccc2C[C@@H]1O. The van der Waals surface area contributed by atoms with Crippen molar-refractivity contribution in [3.63, 3.8) is 0 Å². The molecule has 3 aromatic rings. The average Bonchev–Trinajstić information content (AvgIpc) is 3.39. The third-order valence-corrected chi connectivity index (χ3v) is 8.15. The van der Waals surface area contributed by atoms with Crippen LogP contribution in [0.4, 0.5) is 4.79 Å². The van der Waals surface area contributed by atoms with Crippen molar-refractivity contribution < 1.29 is 38.7 Å². The van der Waals surface area contributed by atoms with Crippen LogP contribution in [0.25, 0.3) is 0 Å². The van der Waals surface area contributed by atoms with Crippen LogP contribution in [0.15, 0.2) is 84.9 Å². The molecule has 0 fully saturated rings. The maximum absolute atomic E-state index is 14.5. The van der Waals surface area contributed by atoms with E-state index in [2.05, 4.69) is 0 Å². The number of aliphatic hydroxyl groups is 2. The highest BCUT2D eigenvalue weighted by atomic mass is 16.6. The van der Waals surface area contributed by atoms with E-state index in [1.165, 1.54) is 0 Å². The van der Waals surface area contributed by atoms with Gasteiger partial charge in [-0.15, -0.1) is 0 Å². The molecule has 0 aromatic heterocycles. The van der Waals surface area contributed by atoms with Crippen LogP contribution in [0.5, 0.6) is 0 Å². The van der Waals surface area contributed by atoms with Gasteiger partial charge in [0.05, 0.1) is 51.3 Å². The molecule has 4 rings (SSSR count). The lowest BCUT2D eigenvalue weighted by Crippen LogP contribution is -2.48. The summed E-state index contributed by atoms with van der Waals surface area (Å²) in [5.41, 5.74) is 9.82. The van der Waals surface area contributed by atoms with Crippen molar-refractivity contribution in [1.29, 1.82) is 0 Å². The van der Waals surface area contributed by atoms with Gasteiger partial charge in [-0.3, -0.25) is 4.79 Å². The summed E-state index contributed by atoms with van der Waals surface area (Å²) in [6.07, 6.45) is -1.94. The zero-order valence-corrected chi connectivity index (χ0v) is 26.4. The minimum atomic E-state index is -1.03. The molecule has 2 amide bonds. The van der Waals surface area contributed by atoms with Gasteiger partial charge < -0.3 is 34.9 Å². The number of hydrogen-bond donors (Lipinski definition) is 3. The Balaban J connectivity index is 1.52. The molecule has 248 valence electrons. The molecule has 5 atom stereocenters. The van der Waals surface area contributed by atoms with E-state index < -0.39 is 42.2 Å². The van der Waals surface area contributed by atoms with Crippen LogP contribution in [-0.2, 0) is 43.0 Å². The maximum atomic E-state index is 14.5. The monoisotopic (exact) mass is 634 g/mol. The van der Waals surface area contributed by atoms with Crippen LogP contribution in [0.2, 0.25) is 0 Å². The summed E-state index contributed by atoms with van der Waals surface area (Å²) >= 11 is 0. The van der Waals surface area contributed by atoms with Gasteiger partial charge in [0.2, 0.25) is 5.91 Å². The second-order valence-electron chi connectivity index (χ2n) is 11.5. The van der Waals surface area contributed by atoms with Gasteiger partial charge in [-0.2, -0.15) is 0 Å². The van der Waals surface area contributed by atoms with Crippen molar-refractivity contribution in [2.24, 2.45) is 11.7 Å². The number of imide groups is 1. The van der Waals surface area contributed by atoms with Crippen molar-refractivity contribution >= 4 is 12.0 Å². The van der Waals surface area contributed by atoms with Crippen LogP contribution < -0.4 is 5.73 Å². The predicted octanol–water partition coefficient (Wildman–Crippen LogP) is 3.47. The summed E-state index contributed by atoms with van der Waals surface area (Å²) in [5, 5.41) is 22.5. The Hall–Kier alpha value is -3.64. The number of rotatable bonds is 18. The molecule has 3 unspecified atom stereocenters. The molecule has 0 spiro atoms. The van der Waals surface area contributed by atoms with Gasteiger partial charge >= 0.3 is 6.09 Å². The van der Waals surface area contributed by atoms with Gasteiger partial charge in [-0.1, -0.05) is 84.9 Å². The molecular weight excluding hydrogens is 588 g/mol. The molecule has 46 heavy (non-hydrogen) atoms. The minimum Gasteiger partial charge on any atom is -0.447 e. The second kappa shape index (κ2) is 18.5. The fourth-order valence-electron chi connectivity index (χ4n) is 5.78. The van der Waals surface area contributed by atoms with Gasteiger partial charge in [0.25, 0.3) is 0 Å². The van der Waals surface area contributed by atoms with Crippen molar-refractivity contribution in [2.75, 3.05) is 46.8 Å². The summed E-state index contributed by atoms with van der Waals surface area (Å²) in [6, 6.07) is 24.8. The number of carbonyl (C=O) groups is 2. The van der Waals surface area contributed by atoms with Crippen LogP contribution in [0.3, 0.4) is 0 Å². The summed E-state index contributed by atoms with van der Waals surface area (Å²) < 4.78 is 21.4. The highest BCUT2D eigenvalue weighted by molar-refractivity contribution is 5.94. The average molecular weight is 635 g/mol. The maximum Gasteiger partial charge on any atom is 0.417 e. The Morgan fingerprint density at radius 1 is 0.826 bits per heavy atom. The smallest absolute Gasteiger partial charge is 0.417 e. The molecule has 0 bridgehead atoms. The minimum absolute atomic E-state index is 0.0160. The first-order chi connectivity index (χ1) is 22.4. The molecule has 10 nitrogen and oxygen atoms in total. The van der Waals surface area contributed by atoms with Gasteiger partial charge in [-0.05, 0) is 41.5 Å². The molecule has 0 aliphatic heterocycles.